The van der Waals surface area contributed by atoms with Crippen molar-refractivity contribution in [1.82, 2.24) is 0 Å². The molecule has 0 aliphatic heterocycles. The van der Waals surface area contributed by atoms with Crippen LogP contribution in [0.3, 0.4) is 0 Å². The highest BCUT2D eigenvalue weighted by Crippen LogP contribution is 2.34. The maximum Gasteiger partial charge on any atom is 0.323 e. The summed E-state index contributed by atoms with van der Waals surface area (Å²) >= 11 is 0. The molecular weight excluding hydrogens is 262 g/mol. The largest absolute Gasteiger partial charge is 0.480 e. The summed E-state index contributed by atoms with van der Waals surface area (Å²) < 4.78 is 0. The highest BCUT2D eigenvalue weighted by molar-refractivity contribution is 5.74. The molecule has 1 N–H and O–H groups in total. The predicted molar refractivity (Wildman–Crippen MR) is 86.7 cm³/mol. The van der Waals surface area contributed by atoms with Crippen LogP contribution in [0.2, 0.25) is 0 Å². The van der Waals surface area contributed by atoms with Gasteiger partial charge in [-0.2, -0.15) is 0 Å². The quantitative estimate of drug-likeness (QED) is 0.887. The molecule has 0 spiro atoms. The number of rotatable bonds is 5. The Morgan fingerprint density at radius 2 is 1.76 bits per heavy atom. The van der Waals surface area contributed by atoms with Crippen LogP contribution in [0, 0.1) is 18.8 Å². The molecule has 0 unspecified atom stereocenters. The van der Waals surface area contributed by atoms with Crippen LogP contribution >= 0.6 is 0 Å². The molecule has 0 heterocycles. The Balaban J connectivity index is 2.10. The standard InChI is InChI=1S/C18H27NO2/c1-13(2)15-6-10-17(11-7-15)19(12-18(20)21)16-8-4-14(3)5-9-16/h4-5,8-9,13,15,17H,6-7,10-12H2,1-3H3,(H,20,21). The van der Waals surface area contributed by atoms with Gasteiger partial charge in [0.2, 0.25) is 0 Å². The van der Waals surface area contributed by atoms with Crippen molar-refractivity contribution in [3.05, 3.63) is 29.8 Å². The van der Waals surface area contributed by atoms with Gasteiger partial charge in [-0.1, -0.05) is 31.5 Å². The lowest BCUT2D eigenvalue weighted by Gasteiger charge is -2.38. The van der Waals surface area contributed by atoms with E-state index in [4.69, 9.17) is 0 Å². The summed E-state index contributed by atoms with van der Waals surface area (Å²) in [5.74, 6) is 0.783. The van der Waals surface area contributed by atoms with Crippen molar-refractivity contribution in [3.63, 3.8) is 0 Å². The first-order valence-electron chi connectivity index (χ1n) is 8.02. The van der Waals surface area contributed by atoms with Crippen LogP contribution in [-0.2, 0) is 4.79 Å². The first-order chi connectivity index (χ1) is 9.97. The van der Waals surface area contributed by atoms with Crippen molar-refractivity contribution in [3.8, 4) is 0 Å². The Kier molecular flexibility index (Phi) is 5.27. The van der Waals surface area contributed by atoms with E-state index in [0.717, 1.165) is 30.4 Å². The molecule has 116 valence electrons. The Bertz CT molecular complexity index is 459. The van der Waals surface area contributed by atoms with Crippen LogP contribution in [0.5, 0.6) is 0 Å². The SMILES string of the molecule is Cc1ccc(N(CC(=O)O)C2CCC(C(C)C)CC2)cc1. The molecule has 0 aromatic heterocycles. The number of carbonyl (C=O) groups is 1. The zero-order valence-corrected chi connectivity index (χ0v) is 13.4. The maximum absolute atomic E-state index is 11.2. The van der Waals surface area contributed by atoms with Gasteiger partial charge in [0.1, 0.15) is 6.54 Å². The molecule has 2 rings (SSSR count). The number of carboxylic acids is 1. The van der Waals surface area contributed by atoms with Gasteiger partial charge in [-0.05, 0) is 56.6 Å². The third-order valence-corrected chi connectivity index (χ3v) is 4.80. The third kappa shape index (κ3) is 4.23. The molecule has 0 atom stereocenters. The van der Waals surface area contributed by atoms with Gasteiger partial charge in [0.25, 0.3) is 0 Å². The second-order valence-corrected chi connectivity index (χ2v) is 6.67. The van der Waals surface area contributed by atoms with E-state index >= 15 is 0 Å². The van der Waals surface area contributed by atoms with Crippen LogP contribution in [-0.4, -0.2) is 23.7 Å². The van der Waals surface area contributed by atoms with Crippen molar-refractivity contribution < 1.29 is 9.90 Å². The fourth-order valence-corrected chi connectivity index (χ4v) is 3.39. The molecule has 0 amide bonds. The number of carboxylic acid groups (broad SMARTS) is 1. The van der Waals surface area contributed by atoms with Crippen molar-refractivity contribution >= 4 is 11.7 Å². The first-order valence-corrected chi connectivity index (χ1v) is 8.02. The van der Waals surface area contributed by atoms with E-state index in [2.05, 4.69) is 37.8 Å². The van der Waals surface area contributed by atoms with Gasteiger partial charge in [0.05, 0.1) is 0 Å². The molecule has 1 aromatic rings. The molecule has 1 aliphatic rings. The van der Waals surface area contributed by atoms with Gasteiger partial charge in [0, 0.05) is 11.7 Å². The zero-order valence-electron chi connectivity index (χ0n) is 13.4. The topological polar surface area (TPSA) is 40.5 Å². The van der Waals surface area contributed by atoms with Crippen LogP contribution in [0.1, 0.15) is 45.1 Å². The minimum atomic E-state index is -0.749. The van der Waals surface area contributed by atoms with Gasteiger partial charge in [-0.25, -0.2) is 0 Å². The summed E-state index contributed by atoms with van der Waals surface area (Å²) in [5, 5.41) is 9.23. The molecule has 1 fully saturated rings. The second-order valence-electron chi connectivity index (χ2n) is 6.67. The number of hydrogen-bond acceptors (Lipinski definition) is 2. The number of nitrogens with zero attached hydrogens (tertiary/aromatic N) is 1. The van der Waals surface area contributed by atoms with Crippen molar-refractivity contribution in [2.45, 2.75) is 52.5 Å². The summed E-state index contributed by atoms with van der Waals surface area (Å²) in [6, 6.07) is 8.58. The minimum absolute atomic E-state index is 0.0973. The number of benzene rings is 1. The zero-order chi connectivity index (χ0) is 15.4. The van der Waals surface area contributed by atoms with Crippen molar-refractivity contribution in [2.75, 3.05) is 11.4 Å². The smallest absolute Gasteiger partial charge is 0.323 e. The summed E-state index contributed by atoms with van der Waals surface area (Å²) in [5.41, 5.74) is 2.24. The van der Waals surface area contributed by atoms with Gasteiger partial charge < -0.3 is 10.0 Å². The molecule has 3 nitrogen and oxygen atoms in total. The minimum Gasteiger partial charge on any atom is -0.480 e. The Hall–Kier alpha value is -1.51. The number of aryl methyl sites for hydroxylation is 1. The Labute approximate surface area is 128 Å². The number of hydrogen-bond donors (Lipinski definition) is 1. The summed E-state index contributed by atoms with van der Waals surface area (Å²) in [7, 11) is 0. The summed E-state index contributed by atoms with van der Waals surface area (Å²) in [4.78, 5) is 13.3. The van der Waals surface area contributed by atoms with Crippen molar-refractivity contribution in [1.29, 1.82) is 0 Å². The maximum atomic E-state index is 11.2. The van der Waals surface area contributed by atoms with Gasteiger partial charge in [-0.3, -0.25) is 4.79 Å². The molecule has 0 saturated heterocycles. The van der Waals surface area contributed by atoms with Crippen LogP contribution in [0.25, 0.3) is 0 Å². The van der Waals surface area contributed by atoms with E-state index < -0.39 is 5.97 Å². The lowest BCUT2D eigenvalue weighted by Crippen LogP contribution is -2.42. The summed E-state index contributed by atoms with van der Waals surface area (Å²) in [6.07, 6.45) is 4.63. The highest BCUT2D eigenvalue weighted by Gasteiger charge is 2.28. The number of anilines is 1. The first kappa shape index (κ1) is 15.9. The third-order valence-electron chi connectivity index (χ3n) is 4.80. The fourth-order valence-electron chi connectivity index (χ4n) is 3.39. The van der Waals surface area contributed by atoms with Crippen LogP contribution in [0.15, 0.2) is 24.3 Å². The van der Waals surface area contributed by atoms with Crippen molar-refractivity contribution in [2.24, 2.45) is 11.8 Å². The highest BCUT2D eigenvalue weighted by atomic mass is 16.4. The van der Waals surface area contributed by atoms with Gasteiger partial charge >= 0.3 is 5.97 Å². The molecule has 1 aromatic carbocycles. The normalized spacial score (nSPS) is 22.3. The molecule has 1 saturated carbocycles. The van der Waals surface area contributed by atoms with Gasteiger partial charge in [-0.15, -0.1) is 0 Å². The van der Waals surface area contributed by atoms with E-state index in [1.54, 1.807) is 0 Å². The van der Waals surface area contributed by atoms with E-state index in [1.807, 2.05) is 12.1 Å². The Morgan fingerprint density at radius 1 is 1.19 bits per heavy atom. The molecule has 21 heavy (non-hydrogen) atoms. The van der Waals surface area contributed by atoms with E-state index in [9.17, 15) is 9.90 Å². The average molecular weight is 289 g/mol. The second kappa shape index (κ2) is 6.97. The summed E-state index contributed by atoms with van der Waals surface area (Å²) in [6.45, 7) is 6.74. The average Bonchev–Trinajstić information content (AvgIpc) is 2.46. The fraction of sp³-hybridized carbons (Fsp3) is 0.611. The Morgan fingerprint density at radius 3 is 2.24 bits per heavy atom. The predicted octanol–water partition coefficient (Wildman–Crippen LogP) is 4.10. The monoisotopic (exact) mass is 289 g/mol. The number of aliphatic carboxylic acids is 1. The van der Waals surface area contributed by atoms with E-state index in [0.29, 0.717) is 6.04 Å². The van der Waals surface area contributed by atoms with Crippen LogP contribution < -0.4 is 4.90 Å². The molecular formula is C18H27NO2. The molecule has 0 bridgehead atoms. The van der Waals surface area contributed by atoms with E-state index in [1.165, 1.54) is 18.4 Å². The molecule has 3 heteroatoms. The molecule has 1 aliphatic carbocycles. The van der Waals surface area contributed by atoms with Crippen LogP contribution in [0.4, 0.5) is 5.69 Å². The lowest BCUT2D eigenvalue weighted by molar-refractivity contribution is -0.135. The molecule has 0 radical (unpaired) electrons. The van der Waals surface area contributed by atoms with E-state index in [-0.39, 0.29) is 6.54 Å². The van der Waals surface area contributed by atoms with Gasteiger partial charge in [0.15, 0.2) is 0 Å². The lowest BCUT2D eigenvalue weighted by atomic mass is 9.79.